The molecule has 25 heavy (non-hydrogen) atoms. The van der Waals surface area contributed by atoms with E-state index in [9.17, 15) is 0 Å². The first-order valence-corrected chi connectivity index (χ1v) is 11.1. The van der Waals surface area contributed by atoms with Gasteiger partial charge in [0.25, 0.3) is 0 Å². The molecule has 0 amide bonds. The summed E-state index contributed by atoms with van der Waals surface area (Å²) in [6, 6.07) is 0.720. The summed E-state index contributed by atoms with van der Waals surface area (Å²) in [6.45, 7) is 10.7. The second-order valence-corrected chi connectivity index (χ2v) is 7.48. The number of hydrogen-bond acceptors (Lipinski definition) is 4. The zero-order valence-electron chi connectivity index (χ0n) is 17.4. The highest BCUT2D eigenvalue weighted by molar-refractivity contribution is 4.68. The molecule has 0 aliphatic heterocycles. The predicted molar refractivity (Wildman–Crippen MR) is 113 cm³/mol. The smallest absolute Gasteiger partial charge is 0.00669 e. The lowest BCUT2D eigenvalue weighted by Gasteiger charge is -2.23. The second kappa shape index (κ2) is 20.2. The number of nitrogens with one attached hydrogen (secondary N) is 1. The average molecular weight is 357 g/mol. The molecule has 1 atom stereocenters. The van der Waals surface area contributed by atoms with Crippen LogP contribution in [0.4, 0.5) is 0 Å². The minimum absolute atomic E-state index is 0.720. The highest BCUT2D eigenvalue weighted by Gasteiger charge is 2.08. The largest absolute Gasteiger partial charge is 0.330 e. The molecule has 0 radical (unpaired) electrons. The predicted octanol–water partition coefficient (Wildman–Crippen LogP) is 3.89. The van der Waals surface area contributed by atoms with Crippen LogP contribution >= 0.6 is 0 Å². The molecule has 0 rings (SSSR count). The summed E-state index contributed by atoms with van der Waals surface area (Å²) >= 11 is 0. The first-order chi connectivity index (χ1) is 12.3. The molecule has 0 saturated carbocycles. The molecule has 0 saturated heterocycles. The second-order valence-electron chi connectivity index (χ2n) is 7.48. The van der Waals surface area contributed by atoms with Crippen molar-refractivity contribution in [1.82, 2.24) is 10.2 Å². The molecule has 0 aromatic heterocycles. The molecule has 0 fully saturated rings. The van der Waals surface area contributed by atoms with Crippen molar-refractivity contribution in [1.29, 1.82) is 0 Å². The van der Waals surface area contributed by atoms with Crippen LogP contribution in [0.25, 0.3) is 0 Å². The Labute approximate surface area is 158 Å². The van der Waals surface area contributed by atoms with Crippen molar-refractivity contribution in [2.45, 2.75) is 96.9 Å². The summed E-state index contributed by atoms with van der Waals surface area (Å²) in [5.74, 6) is 0. The van der Waals surface area contributed by atoms with Crippen molar-refractivity contribution in [3.05, 3.63) is 0 Å². The van der Waals surface area contributed by atoms with Crippen molar-refractivity contribution >= 4 is 0 Å². The molecule has 0 aromatic carbocycles. The van der Waals surface area contributed by atoms with E-state index in [2.05, 4.69) is 24.1 Å². The molecule has 0 bridgehead atoms. The van der Waals surface area contributed by atoms with Crippen LogP contribution in [0.3, 0.4) is 0 Å². The minimum atomic E-state index is 0.720. The van der Waals surface area contributed by atoms with Crippen LogP contribution in [0.15, 0.2) is 0 Å². The summed E-state index contributed by atoms with van der Waals surface area (Å²) in [7, 11) is 0. The lowest BCUT2D eigenvalue weighted by molar-refractivity contribution is 0.263. The van der Waals surface area contributed by atoms with Crippen LogP contribution < -0.4 is 16.8 Å². The maximum Gasteiger partial charge on any atom is 0.00669 e. The third-order valence-corrected chi connectivity index (χ3v) is 4.98. The SMILES string of the molecule is CCCCCCCCC(CCC)NCCCN(CCCN)CCCN. The van der Waals surface area contributed by atoms with Gasteiger partial charge in [-0.05, 0) is 71.4 Å². The molecule has 0 aliphatic rings. The first-order valence-electron chi connectivity index (χ1n) is 11.1. The summed E-state index contributed by atoms with van der Waals surface area (Å²) < 4.78 is 0. The van der Waals surface area contributed by atoms with E-state index in [4.69, 9.17) is 11.5 Å². The Bertz CT molecular complexity index is 240. The standard InChI is InChI=1S/C21H48N4/c1-3-5-6-7-8-9-14-21(13-4-2)24-17-12-20-25(18-10-15-22)19-11-16-23/h21,24H,3-20,22-23H2,1-2H3. The Morgan fingerprint density at radius 3 is 1.88 bits per heavy atom. The van der Waals surface area contributed by atoms with E-state index >= 15 is 0 Å². The van der Waals surface area contributed by atoms with Gasteiger partial charge in [0.05, 0.1) is 0 Å². The zero-order chi connectivity index (χ0) is 18.6. The Kier molecular flexibility index (Phi) is 20.0. The van der Waals surface area contributed by atoms with Crippen LogP contribution in [-0.4, -0.2) is 50.2 Å². The maximum absolute atomic E-state index is 5.65. The third-order valence-electron chi connectivity index (χ3n) is 4.98. The highest BCUT2D eigenvalue weighted by Crippen LogP contribution is 2.11. The average Bonchev–Trinajstić information content (AvgIpc) is 2.62. The molecule has 0 spiro atoms. The molecule has 0 aliphatic carbocycles. The molecular formula is C21H48N4. The molecule has 0 aromatic rings. The molecule has 0 heterocycles. The van der Waals surface area contributed by atoms with E-state index in [1.165, 1.54) is 70.8 Å². The van der Waals surface area contributed by atoms with E-state index in [1.807, 2.05) is 0 Å². The van der Waals surface area contributed by atoms with Gasteiger partial charge in [0.2, 0.25) is 0 Å². The molecular weight excluding hydrogens is 308 g/mol. The van der Waals surface area contributed by atoms with Crippen LogP contribution in [0.2, 0.25) is 0 Å². The van der Waals surface area contributed by atoms with Gasteiger partial charge in [-0.2, -0.15) is 0 Å². The number of rotatable bonds is 20. The van der Waals surface area contributed by atoms with Gasteiger partial charge in [0.1, 0.15) is 0 Å². The van der Waals surface area contributed by atoms with Gasteiger partial charge < -0.3 is 21.7 Å². The van der Waals surface area contributed by atoms with Crippen LogP contribution in [-0.2, 0) is 0 Å². The summed E-state index contributed by atoms with van der Waals surface area (Å²) in [4.78, 5) is 2.53. The van der Waals surface area contributed by atoms with Gasteiger partial charge in [-0.3, -0.25) is 0 Å². The van der Waals surface area contributed by atoms with E-state index in [0.29, 0.717) is 0 Å². The number of hydrogen-bond donors (Lipinski definition) is 3. The van der Waals surface area contributed by atoms with E-state index in [0.717, 1.165) is 51.6 Å². The van der Waals surface area contributed by atoms with Gasteiger partial charge in [-0.25, -0.2) is 0 Å². The van der Waals surface area contributed by atoms with Gasteiger partial charge in [0.15, 0.2) is 0 Å². The lowest BCUT2D eigenvalue weighted by Crippen LogP contribution is -2.34. The lowest BCUT2D eigenvalue weighted by atomic mass is 10.0. The first kappa shape index (κ1) is 24.8. The molecule has 152 valence electrons. The highest BCUT2D eigenvalue weighted by atomic mass is 15.1. The van der Waals surface area contributed by atoms with Crippen molar-refractivity contribution < 1.29 is 0 Å². The van der Waals surface area contributed by atoms with Crippen molar-refractivity contribution in [2.75, 3.05) is 39.3 Å². The van der Waals surface area contributed by atoms with Crippen LogP contribution in [0, 0.1) is 0 Å². The fourth-order valence-corrected chi connectivity index (χ4v) is 3.44. The zero-order valence-corrected chi connectivity index (χ0v) is 17.4. The topological polar surface area (TPSA) is 67.3 Å². The Balaban J connectivity index is 3.83. The van der Waals surface area contributed by atoms with E-state index < -0.39 is 0 Å². The van der Waals surface area contributed by atoms with Gasteiger partial charge in [-0.15, -0.1) is 0 Å². The number of nitrogens with zero attached hydrogens (tertiary/aromatic N) is 1. The van der Waals surface area contributed by atoms with Crippen molar-refractivity contribution in [3.8, 4) is 0 Å². The van der Waals surface area contributed by atoms with Gasteiger partial charge in [0, 0.05) is 6.04 Å². The number of unbranched alkanes of at least 4 members (excludes halogenated alkanes) is 5. The Hall–Kier alpha value is -0.160. The fraction of sp³-hybridized carbons (Fsp3) is 1.00. The van der Waals surface area contributed by atoms with Crippen molar-refractivity contribution in [2.24, 2.45) is 11.5 Å². The van der Waals surface area contributed by atoms with E-state index in [1.54, 1.807) is 0 Å². The monoisotopic (exact) mass is 356 g/mol. The molecule has 4 heteroatoms. The third kappa shape index (κ3) is 17.0. The summed E-state index contributed by atoms with van der Waals surface area (Å²) in [5, 5.41) is 3.81. The van der Waals surface area contributed by atoms with E-state index in [-0.39, 0.29) is 0 Å². The van der Waals surface area contributed by atoms with Crippen LogP contribution in [0.1, 0.15) is 90.9 Å². The molecule has 5 N–H and O–H groups in total. The van der Waals surface area contributed by atoms with Crippen molar-refractivity contribution in [3.63, 3.8) is 0 Å². The quantitative estimate of drug-likeness (QED) is 0.290. The Morgan fingerprint density at radius 2 is 1.28 bits per heavy atom. The summed E-state index contributed by atoms with van der Waals surface area (Å²) in [6.07, 6.45) is 15.8. The normalized spacial score (nSPS) is 12.8. The van der Waals surface area contributed by atoms with Gasteiger partial charge in [-0.1, -0.05) is 58.8 Å². The molecule has 4 nitrogen and oxygen atoms in total. The number of nitrogens with two attached hydrogens (primary N) is 2. The van der Waals surface area contributed by atoms with Gasteiger partial charge >= 0.3 is 0 Å². The summed E-state index contributed by atoms with van der Waals surface area (Å²) in [5.41, 5.74) is 11.3. The minimum Gasteiger partial charge on any atom is -0.330 e. The Morgan fingerprint density at radius 1 is 0.680 bits per heavy atom. The molecule has 1 unspecified atom stereocenters. The fourth-order valence-electron chi connectivity index (χ4n) is 3.44. The maximum atomic E-state index is 5.65. The van der Waals surface area contributed by atoms with Crippen LogP contribution in [0.5, 0.6) is 0 Å².